The molecule has 1 unspecified atom stereocenters. The Morgan fingerprint density at radius 1 is 1.32 bits per heavy atom. The van der Waals surface area contributed by atoms with Crippen molar-refractivity contribution in [3.05, 3.63) is 0 Å². The maximum atomic E-state index is 12.3. The van der Waals surface area contributed by atoms with E-state index in [0.29, 0.717) is 12.3 Å². The highest BCUT2D eigenvalue weighted by atomic mass is 16.5. The predicted octanol–water partition coefficient (Wildman–Crippen LogP) is 1.79. The van der Waals surface area contributed by atoms with E-state index in [0.717, 1.165) is 58.0 Å². The Bertz CT molecular complexity index is 271. The van der Waals surface area contributed by atoms with E-state index in [9.17, 15) is 4.79 Å². The zero-order chi connectivity index (χ0) is 13.5. The fraction of sp³-hybridized carbons (Fsp3) is 0.933. The van der Waals surface area contributed by atoms with Gasteiger partial charge in [0.05, 0.1) is 6.10 Å². The molecule has 2 aliphatic heterocycles. The van der Waals surface area contributed by atoms with E-state index < -0.39 is 0 Å². The van der Waals surface area contributed by atoms with Gasteiger partial charge in [-0.1, -0.05) is 0 Å². The Morgan fingerprint density at radius 3 is 2.74 bits per heavy atom. The van der Waals surface area contributed by atoms with Crippen LogP contribution in [0.5, 0.6) is 0 Å². The second-order valence-corrected chi connectivity index (χ2v) is 5.80. The van der Waals surface area contributed by atoms with Crippen LogP contribution in [0.25, 0.3) is 0 Å². The number of carbonyl (C=O) groups is 1. The van der Waals surface area contributed by atoms with Crippen molar-refractivity contribution in [1.82, 2.24) is 10.2 Å². The van der Waals surface area contributed by atoms with Gasteiger partial charge in [0.25, 0.3) is 0 Å². The first-order valence-corrected chi connectivity index (χ1v) is 7.89. The van der Waals surface area contributed by atoms with Crippen LogP contribution >= 0.6 is 0 Å². The summed E-state index contributed by atoms with van der Waals surface area (Å²) in [5, 5.41) is 3.37. The van der Waals surface area contributed by atoms with E-state index in [4.69, 9.17) is 4.74 Å². The molecule has 0 radical (unpaired) electrons. The van der Waals surface area contributed by atoms with Gasteiger partial charge >= 0.3 is 0 Å². The number of hydrogen-bond donors (Lipinski definition) is 1. The fourth-order valence-corrected chi connectivity index (χ4v) is 3.10. The van der Waals surface area contributed by atoms with Crippen LogP contribution < -0.4 is 5.32 Å². The number of ether oxygens (including phenoxy) is 1. The first-order valence-electron chi connectivity index (χ1n) is 7.89. The summed E-state index contributed by atoms with van der Waals surface area (Å²) in [5.74, 6) is 1.06. The van der Waals surface area contributed by atoms with E-state index >= 15 is 0 Å². The summed E-state index contributed by atoms with van der Waals surface area (Å²) in [7, 11) is 0. The van der Waals surface area contributed by atoms with Gasteiger partial charge in [-0.3, -0.25) is 4.79 Å². The summed E-state index contributed by atoms with van der Waals surface area (Å²) in [5.41, 5.74) is 0. The van der Waals surface area contributed by atoms with Gasteiger partial charge in [-0.15, -0.1) is 0 Å². The van der Waals surface area contributed by atoms with E-state index in [-0.39, 0.29) is 6.10 Å². The van der Waals surface area contributed by atoms with Gasteiger partial charge in [-0.05, 0) is 58.0 Å². The van der Waals surface area contributed by atoms with E-state index in [1.54, 1.807) is 0 Å². The summed E-state index contributed by atoms with van der Waals surface area (Å²) in [6.45, 7) is 6.77. The summed E-state index contributed by atoms with van der Waals surface area (Å²) in [6, 6.07) is 0. The van der Waals surface area contributed by atoms with Gasteiger partial charge in [-0.2, -0.15) is 0 Å². The molecule has 2 aliphatic rings. The molecule has 0 aromatic rings. The SMILES string of the molecule is CCN(CC1CCCO1)C(=O)CCC1CCNCC1. The summed E-state index contributed by atoms with van der Waals surface area (Å²) in [4.78, 5) is 14.2. The van der Waals surface area contributed by atoms with Crippen molar-refractivity contribution in [2.75, 3.05) is 32.8 Å². The summed E-state index contributed by atoms with van der Waals surface area (Å²) < 4.78 is 5.63. The average molecular weight is 268 g/mol. The molecule has 0 aromatic heterocycles. The third-order valence-corrected chi connectivity index (χ3v) is 4.41. The third-order valence-electron chi connectivity index (χ3n) is 4.41. The molecule has 1 N–H and O–H groups in total. The lowest BCUT2D eigenvalue weighted by molar-refractivity contribution is -0.132. The third kappa shape index (κ3) is 4.77. The molecular formula is C15H28N2O2. The molecule has 2 rings (SSSR count). The number of piperidine rings is 1. The minimum absolute atomic E-state index is 0.280. The monoisotopic (exact) mass is 268 g/mol. The Labute approximate surface area is 116 Å². The van der Waals surface area contributed by atoms with Gasteiger partial charge in [0, 0.05) is 26.1 Å². The Hall–Kier alpha value is -0.610. The number of hydrogen-bond acceptors (Lipinski definition) is 3. The molecule has 4 heteroatoms. The van der Waals surface area contributed by atoms with Crippen molar-refractivity contribution < 1.29 is 9.53 Å². The number of carbonyl (C=O) groups excluding carboxylic acids is 1. The van der Waals surface area contributed by atoms with Gasteiger partial charge in [0.15, 0.2) is 0 Å². The molecule has 1 atom stereocenters. The fourth-order valence-electron chi connectivity index (χ4n) is 3.10. The Kier molecular flexibility index (Phi) is 6.11. The minimum atomic E-state index is 0.280. The summed E-state index contributed by atoms with van der Waals surface area (Å²) in [6.07, 6.45) is 6.76. The zero-order valence-corrected chi connectivity index (χ0v) is 12.2. The van der Waals surface area contributed by atoms with Gasteiger partial charge < -0.3 is 15.0 Å². The topological polar surface area (TPSA) is 41.6 Å². The molecule has 0 aliphatic carbocycles. The van der Waals surface area contributed by atoms with Crippen molar-refractivity contribution in [2.45, 2.75) is 51.6 Å². The standard InChI is InChI=1S/C15H28N2O2/c1-2-17(12-14-4-3-11-19-14)15(18)6-5-13-7-9-16-10-8-13/h13-14,16H,2-12H2,1H3. The van der Waals surface area contributed by atoms with Crippen LogP contribution in [0.3, 0.4) is 0 Å². The number of rotatable bonds is 6. The molecule has 2 fully saturated rings. The number of likely N-dealkylation sites (N-methyl/N-ethyl adjacent to an activating group) is 1. The normalized spacial score (nSPS) is 24.6. The lowest BCUT2D eigenvalue weighted by atomic mass is 9.93. The van der Waals surface area contributed by atoms with Crippen molar-refractivity contribution in [1.29, 1.82) is 0 Å². The highest BCUT2D eigenvalue weighted by Crippen LogP contribution is 2.19. The highest BCUT2D eigenvalue weighted by Gasteiger charge is 2.22. The molecule has 19 heavy (non-hydrogen) atoms. The predicted molar refractivity (Wildman–Crippen MR) is 76.1 cm³/mol. The smallest absolute Gasteiger partial charge is 0.222 e. The van der Waals surface area contributed by atoms with Crippen molar-refractivity contribution in [3.63, 3.8) is 0 Å². The second-order valence-electron chi connectivity index (χ2n) is 5.80. The number of nitrogens with one attached hydrogen (secondary N) is 1. The maximum absolute atomic E-state index is 12.3. The second kappa shape index (κ2) is 7.85. The molecular weight excluding hydrogens is 240 g/mol. The lowest BCUT2D eigenvalue weighted by Crippen LogP contribution is -2.37. The first-order chi connectivity index (χ1) is 9.29. The zero-order valence-electron chi connectivity index (χ0n) is 12.2. The lowest BCUT2D eigenvalue weighted by Gasteiger charge is -2.26. The number of amides is 1. The van der Waals surface area contributed by atoms with Crippen molar-refractivity contribution >= 4 is 5.91 Å². The van der Waals surface area contributed by atoms with Crippen LogP contribution in [0.2, 0.25) is 0 Å². The number of nitrogens with zero attached hydrogens (tertiary/aromatic N) is 1. The molecule has 0 saturated carbocycles. The van der Waals surface area contributed by atoms with Gasteiger partial charge in [0.2, 0.25) is 5.91 Å². The van der Waals surface area contributed by atoms with Crippen LogP contribution in [0, 0.1) is 5.92 Å². The molecule has 2 saturated heterocycles. The van der Waals surface area contributed by atoms with Gasteiger partial charge in [-0.25, -0.2) is 0 Å². The Balaban J connectivity index is 1.69. The molecule has 2 heterocycles. The molecule has 4 nitrogen and oxygen atoms in total. The quantitative estimate of drug-likeness (QED) is 0.798. The van der Waals surface area contributed by atoms with Crippen molar-refractivity contribution in [2.24, 2.45) is 5.92 Å². The Morgan fingerprint density at radius 2 is 2.11 bits per heavy atom. The van der Waals surface area contributed by atoms with Crippen LogP contribution in [0.15, 0.2) is 0 Å². The molecule has 0 bridgehead atoms. The van der Waals surface area contributed by atoms with E-state index in [1.807, 2.05) is 4.90 Å². The molecule has 110 valence electrons. The molecule has 1 amide bonds. The van der Waals surface area contributed by atoms with Crippen LogP contribution in [0.4, 0.5) is 0 Å². The van der Waals surface area contributed by atoms with Crippen LogP contribution in [-0.4, -0.2) is 49.7 Å². The van der Waals surface area contributed by atoms with Gasteiger partial charge in [0.1, 0.15) is 0 Å². The van der Waals surface area contributed by atoms with Crippen molar-refractivity contribution in [3.8, 4) is 0 Å². The first kappa shape index (κ1) is 14.8. The largest absolute Gasteiger partial charge is 0.376 e. The molecule has 0 aromatic carbocycles. The highest BCUT2D eigenvalue weighted by molar-refractivity contribution is 5.76. The maximum Gasteiger partial charge on any atom is 0.222 e. The minimum Gasteiger partial charge on any atom is -0.376 e. The summed E-state index contributed by atoms with van der Waals surface area (Å²) >= 11 is 0. The van der Waals surface area contributed by atoms with Crippen LogP contribution in [-0.2, 0) is 9.53 Å². The molecule has 0 spiro atoms. The average Bonchev–Trinajstić information content (AvgIpc) is 2.96. The van der Waals surface area contributed by atoms with E-state index in [1.165, 1.54) is 12.8 Å². The van der Waals surface area contributed by atoms with Crippen LogP contribution in [0.1, 0.15) is 45.4 Å². The van der Waals surface area contributed by atoms with E-state index in [2.05, 4.69) is 12.2 Å².